The Bertz CT molecular complexity index is 1790. The van der Waals surface area contributed by atoms with Crippen molar-refractivity contribution in [2.24, 2.45) is 0 Å². The van der Waals surface area contributed by atoms with Crippen molar-refractivity contribution in [2.45, 2.75) is 58.8 Å². The number of benzene rings is 6. The maximum atomic E-state index is 2.51. The fourth-order valence-corrected chi connectivity index (χ4v) is 7.57. The number of fused-ring (bicyclic) bond motifs is 3. The molecule has 222 valence electrons. The Morgan fingerprint density at radius 2 is 0.622 bits per heavy atom. The summed E-state index contributed by atoms with van der Waals surface area (Å²) in [6.45, 7) is 8.97. The van der Waals surface area contributed by atoms with Gasteiger partial charge in [-0.25, -0.2) is 0 Å². The van der Waals surface area contributed by atoms with Gasteiger partial charge in [-0.2, -0.15) is 0 Å². The first-order valence-electron chi connectivity index (χ1n) is 16.6. The summed E-state index contributed by atoms with van der Waals surface area (Å²) in [7, 11) is 0. The van der Waals surface area contributed by atoms with Crippen LogP contribution in [-0.4, -0.2) is 0 Å². The molecule has 45 heavy (non-hydrogen) atoms. The van der Waals surface area contributed by atoms with Gasteiger partial charge in [0.1, 0.15) is 0 Å². The molecule has 0 saturated heterocycles. The number of rotatable bonds is 8. The third-order valence-electron chi connectivity index (χ3n) is 9.92. The topological polar surface area (TPSA) is 0 Å². The molecule has 6 aromatic rings. The first-order valence-corrected chi connectivity index (χ1v) is 16.6. The van der Waals surface area contributed by atoms with Gasteiger partial charge in [-0.1, -0.05) is 159 Å². The highest BCUT2D eigenvalue weighted by atomic mass is 14.4. The summed E-state index contributed by atoms with van der Waals surface area (Å²) in [4.78, 5) is 0. The van der Waals surface area contributed by atoms with Crippen molar-refractivity contribution in [3.8, 4) is 55.6 Å². The van der Waals surface area contributed by atoms with E-state index in [0.29, 0.717) is 0 Å². The first kappa shape index (κ1) is 29.1. The molecule has 0 unspecified atom stereocenters. The van der Waals surface area contributed by atoms with E-state index in [1.165, 1.54) is 77.9 Å². The molecule has 0 radical (unpaired) electrons. The van der Waals surface area contributed by atoms with Crippen molar-refractivity contribution >= 4 is 0 Å². The Labute approximate surface area is 269 Å². The second kappa shape index (κ2) is 12.0. The van der Waals surface area contributed by atoms with Gasteiger partial charge >= 0.3 is 0 Å². The molecule has 0 N–H and O–H groups in total. The van der Waals surface area contributed by atoms with E-state index in [1.54, 1.807) is 0 Å². The molecular weight excluding hydrogens is 540 g/mol. The highest BCUT2D eigenvalue weighted by molar-refractivity contribution is 5.86. The van der Waals surface area contributed by atoms with Gasteiger partial charge in [0.2, 0.25) is 0 Å². The van der Waals surface area contributed by atoms with Crippen LogP contribution in [0.25, 0.3) is 55.6 Å². The third-order valence-corrected chi connectivity index (χ3v) is 9.92. The molecule has 1 aliphatic rings. The molecule has 0 saturated carbocycles. The van der Waals surface area contributed by atoms with E-state index in [4.69, 9.17) is 0 Å². The smallest absolute Gasteiger partial charge is 0.0215 e. The van der Waals surface area contributed by atoms with Crippen LogP contribution in [0.2, 0.25) is 0 Å². The zero-order chi connectivity index (χ0) is 31.0. The Kier molecular flexibility index (Phi) is 7.76. The van der Waals surface area contributed by atoms with Crippen LogP contribution in [0.15, 0.2) is 133 Å². The van der Waals surface area contributed by atoms with Crippen molar-refractivity contribution in [3.05, 3.63) is 156 Å². The van der Waals surface area contributed by atoms with Crippen LogP contribution in [-0.2, 0) is 5.41 Å². The second-order valence-electron chi connectivity index (χ2n) is 13.0. The van der Waals surface area contributed by atoms with Gasteiger partial charge in [-0.05, 0) is 106 Å². The van der Waals surface area contributed by atoms with Gasteiger partial charge in [-0.15, -0.1) is 0 Å². The maximum absolute atomic E-state index is 2.51. The minimum Gasteiger partial charge on any atom is -0.0653 e. The minimum atomic E-state index is 0.0316. The van der Waals surface area contributed by atoms with Gasteiger partial charge in [0, 0.05) is 5.41 Å². The van der Waals surface area contributed by atoms with Crippen molar-refractivity contribution < 1.29 is 0 Å². The molecule has 0 nitrogen and oxygen atoms in total. The number of hydrogen-bond acceptors (Lipinski definition) is 0. The molecule has 0 heteroatoms. The van der Waals surface area contributed by atoms with Gasteiger partial charge in [-0.3, -0.25) is 0 Å². The lowest BCUT2D eigenvalue weighted by Crippen LogP contribution is -2.25. The normalized spacial score (nSPS) is 13.0. The van der Waals surface area contributed by atoms with E-state index in [0.717, 1.165) is 25.7 Å². The Morgan fingerprint density at radius 3 is 0.933 bits per heavy atom. The van der Waals surface area contributed by atoms with Crippen molar-refractivity contribution in [1.29, 1.82) is 0 Å². The third kappa shape index (κ3) is 5.33. The van der Waals surface area contributed by atoms with E-state index >= 15 is 0 Å². The fraction of sp³-hybridized carbons (Fsp3) is 0.200. The lowest BCUT2D eigenvalue weighted by Gasteiger charge is -2.32. The van der Waals surface area contributed by atoms with Crippen LogP contribution in [0.3, 0.4) is 0 Å². The maximum Gasteiger partial charge on any atom is 0.0215 e. The van der Waals surface area contributed by atoms with E-state index < -0.39 is 0 Å². The Hall–Kier alpha value is -4.68. The molecule has 0 amide bonds. The van der Waals surface area contributed by atoms with Gasteiger partial charge in [0.25, 0.3) is 0 Å². The summed E-state index contributed by atoms with van der Waals surface area (Å²) < 4.78 is 0. The van der Waals surface area contributed by atoms with Gasteiger partial charge < -0.3 is 0 Å². The highest BCUT2D eigenvalue weighted by Crippen LogP contribution is 2.55. The highest BCUT2D eigenvalue weighted by Gasteiger charge is 2.42. The molecule has 0 spiro atoms. The zero-order valence-electron chi connectivity index (χ0n) is 27.0. The first-order chi connectivity index (χ1) is 22.0. The molecule has 0 bridgehead atoms. The average Bonchev–Trinajstić information content (AvgIpc) is 3.34. The van der Waals surface area contributed by atoms with Crippen molar-refractivity contribution in [1.82, 2.24) is 0 Å². The van der Waals surface area contributed by atoms with Crippen molar-refractivity contribution in [3.63, 3.8) is 0 Å². The van der Waals surface area contributed by atoms with Crippen LogP contribution in [0.5, 0.6) is 0 Å². The van der Waals surface area contributed by atoms with Crippen LogP contribution in [0, 0.1) is 13.8 Å². The summed E-state index contributed by atoms with van der Waals surface area (Å²) in [6.07, 6.45) is 4.63. The molecule has 0 fully saturated rings. The fourth-order valence-electron chi connectivity index (χ4n) is 7.57. The van der Waals surface area contributed by atoms with Crippen LogP contribution < -0.4 is 0 Å². The summed E-state index contributed by atoms with van der Waals surface area (Å²) in [5.41, 5.74) is 18.7. The van der Waals surface area contributed by atoms with Crippen LogP contribution in [0.4, 0.5) is 0 Å². The predicted octanol–water partition coefficient (Wildman–Crippen LogP) is 12.8. The van der Waals surface area contributed by atoms with E-state index in [1.807, 2.05) is 0 Å². The Morgan fingerprint density at radius 1 is 0.356 bits per heavy atom. The second-order valence-corrected chi connectivity index (χ2v) is 13.0. The standard InChI is InChI=1S/C45H42/c1-5-27-45(28-6-2)43-29-39(37-19-15-35(16-20-37)33-11-7-31(3)8-12-33)23-25-41(43)42-26-24-40(30-44(42)45)38-21-17-36(18-22-38)34-13-9-32(4)10-14-34/h7-26,29-30H,5-6,27-28H2,1-4H3. The largest absolute Gasteiger partial charge is 0.0653 e. The SMILES string of the molecule is CCCC1(CCC)c2cc(-c3ccc(-c4ccc(C)cc4)cc3)ccc2-c2ccc(-c3ccc(-c4ccc(C)cc4)cc3)cc21. The molecule has 0 atom stereocenters. The summed E-state index contributed by atoms with van der Waals surface area (Å²) >= 11 is 0. The van der Waals surface area contributed by atoms with Crippen LogP contribution >= 0.6 is 0 Å². The summed E-state index contributed by atoms with van der Waals surface area (Å²) in [5, 5.41) is 0. The van der Waals surface area contributed by atoms with Crippen LogP contribution in [0.1, 0.15) is 61.8 Å². The molecular formula is C45H42. The molecule has 0 heterocycles. The van der Waals surface area contributed by atoms with Gasteiger partial charge in [0.15, 0.2) is 0 Å². The lowest BCUT2D eigenvalue weighted by atomic mass is 9.71. The summed E-state index contributed by atoms with van der Waals surface area (Å²) in [6, 6.07) is 50.3. The quantitative estimate of drug-likeness (QED) is 0.167. The molecule has 0 aromatic heterocycles. The molecule has 6 aromatic carbocycles. The van der Waals surface area contributed by atoms with Crippen molar-refractivity contribution in [2.75, 3.05) is 0 Å². The monoisotopic (exact) mass is 582 g/mol. The lowest BCUT2D eigenvalue weighted by molar-refractivity contribution is 0.436. The van der Waals surface area contributed by atoms with E-state index in [2.05, 4.69) is 161 Å². The molecule has 1 aliphatic carbocycles. The van der Waals surface area contributed by atoms with E-state index in [9.17, 15) is 0 Å². The van der Waals surface area contributed by atoms with E-state index in [-0.39, 0.29) is 5.41 Å². The molecule has 0 aliphatic heterocycles. The Balaban J connectivity index is 1.26. The average molecular weight is 583 g/mol. The summed E-state index contributed by atoms with van der Waals surface area (Å²) in [5.74, 6) is 0. The van der Waals surface area contributed by atoms with Gasteiger partial charge in [0.05, 0.1) is 0 Å². The predicted molar refractivity (Wildman–Crippen MR) is 194 cm³/mol. The number of aryl methyl sites for hydroxylation is 2. The molecule has 7 rings (SSSR count). The zero-order valence-corrected chi connectivity index (χ0v) is 27.0. The minimum absolute atomic E-state index is 0.0316. The number of hydrogen-bond donors (Lipinski definition) is 0.